The molecule has 0 bridgehead atoms. The van der Waals surface area contributed by atoms with Crippen LogP contribution in [0.2, 0.25) is 0 Å². The van der Waals surface area contributed by atoms with Crippen molar-refractivity contribution in [2.24, 2.45) is 0 Å². The van der Waals surface area contributed by atoms with Gasteiger partial charge in [0.25, 0.3) is 6.43 Å². The zero-order valence-corrected chi connectivity index (χ0v) is 8.48. The van der Waals surface area contributed by atoms with E-state index in [9.17, 15) is 8.78 Å². The first-order valence-corrected chi connectivity index (χ1v) is 4.39. The molecule has 0 fully saturated rings. The lowest BCUT2D eigenvalue weighted by atomic mass is 10.4. The van der Waals surface area contributed by atoms with Crippen molar-refractivity contribution in [3.63, 3.8) is 0 Å². The highest BCUT2D eigenvalue weighted by atomic mass is 79.9. The normalized spacial score (nSPS) is 9.17. The molecule has 4 heteroatoms. The summed E-state index contributed by atoms with van der Waals surface area (Å²) in [7, 11) is 0. The zero-order chi connectivity index (χ0) is 9.56. The molecule has 1 rings (SSSR count). The maximum absolute atomic E-state index is 11.9. The molecule has 0 spiro atoms. The van der Waals surface area contributed by atoms with E-state index in [0.29, 0.717) is 4.47 Å². The van der Waals surface area contributed by atoms with E-state index in [1.54, 1.807) is 6.07 Å². The number of rotatable bonds is 1. The molecule has 0 radical (unpaired) electrons. The molecule has 0 atom stereocenters. The van der Waals surface area contributed by atoms with Crippen LogP contribution in [0.15, 0.2) is 22.8 Å². The van der Waals surface area contributed by atoms with Crippen molar-refractivity contribution in [1.82, 2.24) is 4.98 Å². The molecular formula is C8H10BrF2N. The maximum atomic E-state index is 11.9. The monoisotopic (exact) mass is 237 g/mol. The first-order chi connectivity index (χ1) is 5.70. The lowest BCUT2D eigenvalue weighted by Crippen LogP contribution is -1.87. The summed E-state index contributed by atoms with van der Waals surface area (Å²) in [6, 6.07) is 2.90. The van der Waals surface area contributed by atoms with Crippen molar-refractivity contribution in [3.8, 4) is 0 Å². The van der Waals surface area contributed by atoms with Gasteiger partial charge in [-0.25, -0.2) is 8.78 Å². The molecule has 0 saturated carbocycles. The SMILES string of the molecule is CC.FC(F)c1cc(Br)ccn1. The molecule has 1 nitrogen and oxygen atoms in total. The quantitative estimate of drug-likeness (QED) is 0.724. The second-order valence-electron chi connectivity index (χ2n) is 1.70. The van der Waals surface area contributed by atoms with Crippen LogP contribution in [0.1, 0.15) is 26.0 Å². The van der Waals surface area contributed by atoms with Gasteiger partial charge in [-0.2, -0.15) is 0 Å². The Morgan fingerprint density at radius 1 is 1.42 bits per heavy atom. The van der Waals surface area contributed by atoms with Gasteiger partial charge in [0.2, 0.25) is 0 Å². The third-order valence-corrected chi connectivity index (χ3v) is 1.46. The van der Waals surface area contributed by atoms with Crippen molar-refractivity contribution in [1.29, 1.82) is 0 Å². The summed E-state index contributed by atoms with van der Waals surface area (Å²) in [5, 5.41) is 0. The van der Waals surface area contributed by atoms with Gasteiger partial charge >= 0.3 is 0 Å². The molecule has 0 N–H and O–H groups in total. The minimum absolute atomic E-state index is 0.200. The van der Waals surface area contributed by atoms with Crippen molar-refractivity contribution >= 4 is 15.9 Å². The summed E-state index contributed by atoms with van der Waals surface area (Å²) in [5.74, 6) is 0. The molecule has 0 aliphatic heterocycles. The fraction of sp³-hybridized carbons (Fsp3) is 0.375. The standard InChI is InChI=1S/C6H4BrF2N.C2H6/c7-4-1-2-10-5(3-4)6(8)9;1-2/h1-3,6H;1-2H3. The largest absolute Gasteiger partial charge is 0.280 e. The molecule has 1 aromatic heterocycles. The van der Waals surface area contributed by atoms with Crippen LogP contribution in [0.25, 0.3) is 0 Å². The Hall–Kier alpha value is -0.510. The fourth-order valence-electron chi connectivity index (χ4n) is 0.541. The van der Waals surface area contributed by atoms with E-state index in [1.165, 1.54) is 12.3 Å². The predicted octanol–water partition coefficient (Wildman–Crippen LogP) is 3.81. The van der Waals surface area contributed by atoms with Crippen molar-refractivity contribution in [2.45, 2.75) is 20.3 Å². The van der Waals surface area contributed by atoms with E-state index in [0.717, 1.165) is 0 Å². The number of aromatic nitrogens is 1. The summed E-state index contributed by atoms with van der Waals surface area (Å²) >= 11 is 3.06. The van der Waals surface area contributed by atoms with E-state index in [4.69, 9.17) is 0 Å². The van der Waals surface area contributed by atoms with E-state index in [2.05, 4.69) is 20.9 Å². The molecule has 0 aliphatic rings. The topological polar surface area (TPSA) is 12.9 Å². The lowest BCUT2D eigenvalue weighted by molar-refractivity contribution is 0.146. The Morgan fingerprint density at radius 2 is 2.00 bits per heavy atom. The highest BCUT2D eigenvalue weighted by Gasteiger charge is 2.07. The van der Waals surface area contributed by atoms with E-state index >= 15 is 0 Å². The van der Waals surface area contributed by atoms with Crippen LogP contribution in [0.3, 0.4) is 0 Å². The number of alkyl halides is 2. The van der Waals surface area contributed by atoms with Gasteiger partial charge in [0.05, 0.1) is 0 Å². The van der Waals surface area contributed by atoms with Crippen molar-refractivity contribution < 1.29 is 8.78 Å². The van der Waals surface area contributed by atoms with Crippen LogP contribution in [-0.4, -0.2) is 4.98 Å². The molecule has 0 saturated heterocycles. The minimum Gasteiger partial charge on any atom is -0.255 e. The maximum Gasteiger partial charge on any atom is 0.280 e. The van der Waals surface area contributed by atoms with Gasteiger partial charge < -0.3 is 0 Å². The average molecular weight is 238 g/mol. The lowest BCUT2D eigenvalue weighted by Gasteiger charge is -1.96. The Labute approximate surface area is 79.0 Å². The molecule has 0 unspecified atom stereocenters. The third kappa shape index (κ3) is 3.76. The smallest absolute Gasteiger partial charge is 0.255 e. The second kappa shape index (κ2) is 6.06. The molecular weight excluding hydrogens is 228 g/mol. The third-order valence-electron chi connectivity index (χ3n) is 0.967. The van der Waals surface area contributed by atoms with Crippen molar-refractivity contribution in [2.75, 3.05) is 0 Å². The molecule has 1 aromatic rings. The van der Waals surface area contributed by atoms with E-state index in [-0.39, 0.29) is 5.69 Å². The highest BCUT2D eigenvalue weighted by molar-refractivity contribution is 9.10. The molecule has 1 heterocycles. The molecule has 12 heavy (non-hydrogen) atoms. The summed E-state index contributed by atoms with van der Waals surface area (Å²) in [5.41, 5.74) is -0.200. The van der Waals surface area contributed by atoms with Crippen LogP contribution in [0, 0.1) is 0 Å². The van der Waals surface area contributed by atoms with Crippen LogP contribution in [0.5, 0.6) is 0 Å². The zero-order valence-electron chi connectivity index (χ0n) is 6.89. The van der Waals surface area contributed by atoms with Crippen LogP contribution >= 0.6 is 15.9 Å². The van der Waals surface area contributed by atoms with Gasteiger partial charge in [0.15, 0.2) is 0 Å². The average Bonchev–Trinajstić information content (AvgIpc) is 2.08. The van der Waals surface area contributed by atoms with Gasteiger partial charge in [-0.1, -0.05) is 29.8 Å². The van der Waals surface area contributed by atoms with Gasteiger partial charge in [-0.3, -0.25) is 4.98 Å². The molecule has 68 valence electrons. The van der Waals surface area contributed by atoms with Gasteiger partial charge in [-0.15, -0.1) is 0 Å². The number of hydrogen-bond acceptors (Lipinski definition) is 1. The minimum atomic E-state index is -2.49. The summed E-state index contributed by atoms with van der Waals surface area (Å²) in [6.07, 6.45) is -1.15. The van der Waals surface area contributed by atoms with Gasteiger partial charge in [0.1, 0.15) is 5.69 Å². The first kappa shape index (κ1) is 11.5. The number of pyridine rings is 1. The predicted molar refractivity (Wildman–Crippen MR) is 48.2 cm³/mol. The van der Waals surface area contributed by atoms with E-state index in [1.807, 2.05) is 13.8 Å². The Bertz CT molecular complexity index is 228. The van der Waals surface area contributed by atoms with Gasteiger partial charge in [-0.05, 0) is 12.1 Å². The van der Waals surface area contributed by atoms with Crippen LogP contribution < -0.4 is 0 Å². The van der Waals surface area contributed by atoms with Crippen molar-refractivity contribution in [3.05, 3.63) is 28.5 Å². The Balaban J connectivity index is 0.000000561. The fourth-order valence-corrected chi connectivity index (χ4v) is 0.893. The Kier molecular flexibility index (Phi) is 5.80. The van der Waals surface area contributed by atoms with E-state index < -0.39 is 6.43 Å². The first-order valence-electron chi connectivity index (χ1n) is 3.60. The number of hydrogen-bond donors (Lipinski definition) is 0. The molecule has 0 aliphatic carbocycles. The van der Waals surface area contributed by atoms with Gasteiger partial charge in [0, 0.05) is 10.7 Å². The molecule has 0 amide bonds. The number of halogens is 3. The highest BCUT2D eigenvalue weighted by Crippen LogP contribution is 2.18. The Morgan fingerprint density at radius 3 is 2.33 bits per heavy atom. The second-order valence-corrected chi connectivity index (χ2v) is 2.62. The summed E-state index contributed by atoms with van der Waals surface area (Å²) < 4.78 is 24.4. The number of nitrogens with zero attached hydrogens (tertiary/aromatic N) is 1. The summed E-state index contributed by atoms with van der Waals surface area (Å²) in [6.45, 7) is 4.00. The molecule has 0 aromatic carbocycles. The van der Waals surface area contributed by atoms with Crippen LogP contribution in [-0.2, 0) is 0 Å². The summed E-state index contributed by atoms with van der Waals surface area (Å²) in [4.78, 5) is 3.46. The van der Waals surface area contributed by atoms with Crippen LogP contribution in [0.4, 0.5) is 8.78 Å².